The molecular formula is C13H25N3O6. The van der Waals surface area contributed by atoms with E-state index in [1.165, 1.54) is 0 Å². The molecule has 2 amide bonds. The van der Waals surface area contributed by atoms with Gasteiger partial charge in [0.25, 0.3) is 0 Å². The van der Waals surface area contributed by atoms with E-state index < -0.39 is 42.8 Å². The van der Waals surface area contributed by atoms with Gasteiger partial charge < -0.3 is 30.9 Å². The number of carbonyl (C=O) groups is 3. The zero-order chi connectivity index (χ0) is 17.2. The zero-order valence-electron chi connectivity index (χ0n) is 13.1. The SMILES string of the molecule is CC(C)(C)OC(=O)NCCCN[C@@H](CO)C(=O)NCC(=O)O. The molecule has 1 atom stereocenters. The smallest absolute Gasteiger partial charge is 0.407 e. The van der Waals surface area contributed by atoms with Crippen LogP contribution in [0.5, 0.6) is 0 Å². The maximum absolute atomic E-state index is 11.5. The standard InChI is InChI=1S/C13H25N3O6/c1-13(2,3)22-12(21)15-6-4-5-14-9(8-17)11(20)16-7-10(18)19/h9,14,17H,4-8H2,1-3H3,(H,15,21)(H,16,20)(H,18,19)/t9-/m0/s1. The van der Waals surface area contributed by atoms with Crippen molar-refractivity contribution >= 4 is 18.0 Å². The first kappa shape index (κ1) is 20.1. The molecule has 22 heavy (non-hydrogen) atoms. The monoisotopic (exact) mass is 319 g/mol. The van der Waals surface area contributed by atoms with E-state index in [0.29, 0.717) is 19.5 Å². The Morgan fingerprint density at radius 1 is 1.14 bits per heavy atom. The van der Waals surface area contributed by atoms with Crippen molar-refractivity contribution < 1.29 is 29.3 Å². The summed E-state index contributed by atoms with van der Waals surface area (Å²) in [5.74, 6) is -1.75. The van der Waals surface area contributed by atoms with Gasteiger partial charge >= 0.3 is 12.1 Å². The van der Waals surface area contributed by atoms with E-state index in [0.717, 1.165) is 0 Å². The van der Waals surface area contributed by atoms with E-state index in [-0.39, 0.29) is 0 Å². The van der Waals surface area contributed by atoms with Crippen LogP contribution in [0, 0.1) is 0 Å². The van der Waals surface area contributed by atoms with Crippen LogP contribution in [0.4, 0.5) is 4.79 Å². The molecule has 9 nitrogen and oxygen atoms in total. The number of aliphatic hydroxyl groups is 1. The minimum atomic E-state index is -1.16. The van der Waals surface area contributed by atoms with Gasteiger partial charge in [-0.15, -0.1) is 0 Å². The maximum atomic E-state index is 11.5. The second kappa shape index (κ2) is 9.96. The minimum Gasteiger partial charge on any atom is -0.480 e. The van der Waals surface area contributed by atoms with Gasteiger partial charge in [0.2, 0.25) is 5.91 Å². The first-order valence-electron chi connectivity index (χ1n) is 6.96. The number of carbonyl (C=O) groups excluding carboxylic acids is 2. The van der Waals surface area contributed by atoms with Crippen LogP contribution < -0.4 is 16.0 Å². The first-order chi connectivity index (χ1) is 10.2. The maximum Gasteiger partial charge on any atom is 0.407 e. The lowest BCUT2D eigenvalue weighted by Crippen LogP contribution is -2.48. The van der Waals surface area contributed by atoms with Gasteiger partial charge in [-0.1, -0.05) is 0 Å². The number of carboxylic acids is 1. The van der Waals surface area contributed by atoms with Crippen molar-refractivity contribution in [2.45, 2.75) is 38.8 Å². The van der Waals surface area contributed by atoms with Crippen LogP contribution in [0.25, 0.3) is 0 Å². The summed E-state index contributed by atoms with van der Waals surface area (Å²) in [4.78, 5) is 33.2. The van der Waals surface area contributed by atoms with Crippen molar-refractivity contribution in [2.75, 3.05) is 26.2 Å². The molecule has 128 valence electrons. The summed E-state index contributed by atoms with van der Waals surface area (Å²) in [5, 5.41) is 25.0. The van der Waals surface area contributed by atoms with Gasteiger partial charge in [-0.05, 0) is 33.7 Å². The molecule has 0 rings (SSSR count). The summed E-state index contributed by atoms with van der Waals surface area (Å²) in [6.07, 6.45) is -0.00694. The van der Waals surface area contributed by atoms with Gasteiger partial charge in [0.15, 0.2) is 0 Å². The number of aliphatic carboxylic acids is 1. The van der Waals surface area contributed by atoms with Crippen molar-refractivity contribution in [2.24, 2.45) is 0 Å². The third-order valence-electron chi connectivity index (χ3n) is 2.33. The Hall–Kier alpha value is -1.87. The third kappa shape index (κ3) is 10.9. The van der Waals surface area contributed by atoms with Crippen LogP contribution in [0.1, 0.15) is 27.2 Å². The Bertz CT molecular complexity index is 380. The highest BCUT2D eigenvalue weighted by atomic mass is 16.6. The number of aliphatic hydroxyl groups excluding tert-OH is 1. The van der Waals surface area contributed by atoms with Crippen LogP contribution in [0.2, 0.25) is 0 Å². The summed E-state index contributed by atoms with van der Waals surface area (Å²) in [7, 11) is 0. The lowest BCUT2D eigenvalue weighted by Gasteiger charge is -2.20. The van der Waals surface area contributed by atoms with Gasteiger partial charge in [0.1, 0.15) is 18.2 Å². The van der Waals surface area contributed by atoms with Gasteiger partial charge in [-0.2, -0.15) is 0 Å². The number of ether oxygens (including phenoxy) is 1. The van der Waals surface area contributed by atoms with E-state index in [4.69, 9.17) is 14.9 Å². The molecular weight excluding hydrogens is 294 g/mol. The summed E-state index contributed by atoms with van der Waals surface area (Å²) < 4.78 is 5.05. The normalized spacial score (nSPS) is 12.4. The van der Waals surface area contributed by atoms with E-state index in [9.17, 15) is 14.4 Å². The number of carboxylic acid groups (broad SMARTS) is 1. The molecule has 0 bridgehead atoms. The predicted molar refractivity (Wildman–Crippen MR) is 78.4 cm³/mol. The molecule has 5 N–H and O–H groups in total. The Morgan fingerprint density at radius 2 is 1.77 bits per heavy atom. The lowest BCUT2D eigenvalue weighted by atomic mass is 10.2. The van der Waals surface area contributed by atoms with Crippen molar-refractivity contribution in [3.63, 3.8) is 0 Å². The molecule has 0 saturated heterocycles. The Morgan fingerprint density at radius 3 is 2.27 bits per heavy atom. The quantitative estimate of drug-likeness (QED) is 0.346. The molecule has 0 fully saturated rings. The number of alkyl carbamates (subject to hydrolysis) is 1. The summed E-state index contributed by atoms with van der Waals surface area (Å²) >= 11 is 0. The summed E-state index contributed by atoms with van der Waals surface area (Å²) in [6.45, 7) is 5.03. The molecule has 0 aromatic rings. The van der Waals surface area contributed by atoms with Crippen LogP contribution >= 0.6 is 0 Å². The van der Waals surface area contributed by atoms with E-state index >= 15 is 0 Å². The Labute approximate surface area is 129 Å². The summed E-state index contributed by atoms with van der Waals surface area (Å²) in [5.41, 5.74) is -0.563. The van der Waals surface area contributed by atoms with Crippen LogP contribution in [0.3, 0.4) is 0 Å². The van der Waals surface area contributed by atoms with Crippen molar-refractivity contribution in [3.05, 3.63) is 0 Å². The molecule has 0 radical (unpaired) electrons. The molecule has 0 aliphatic rings. The Balaban J connectivity index is 3.85. The molecule has 0 aliphatic heterocycles. The Kier molecular flexibility index (Phi) is 9.11. The van der Waals surface area contributed by atoms with Crippen LogP contribution in [-0.2, 0) is 14.3 Å². The second-order valence-electron chi connectivity index (χ2n) is 5.58. The third-order valence-corrected chi connectivity index (χ3v) is 2.33. The van der Waals surface area contributed by atoms with Crippen LogP contribution in [0.15, 0.2) is 0 Å². The largest absolute Gasteiger partial charge is 0.480 e. The minimum absolute atomic E-state index is 0.344. The zero-order valence-corrected chi connectivity index (χ0v) is 13.1. The molecule has 0 aromatic carbocycles. The van der Waals surface area contributed by atoms with Crippen LogP contribution in [-0.4, -0.2) is 66.1 Å². The molecule has 0 spiro atoms. The van der Waals surface area contributed by atoms with E-state index in [1.807, 2.05) is 0 Å². The van der Waals surface area contributed by atoms with Gasteiger partial charge in [0.05, 0.1) is 6.61 Å². The molecule has 0 heterocycles. The first-order valence-corrected chi connectivity index (χ1v) is 6.96. The number of amides is 2. The van der Waals surface area contributed by atoms with Crippen molar-refractivity contribution in [1.82, 2.24) is 16.0 Å². The van der Waals surface area contributed by atoms with Crippen molar-refractivity contribution in [1.29, 1.82) is 0 Å². The fourth-order valence-corrected chi connectivity index (χ4v) is 1.40. The highest BCUT2D eigenvalue weighted by Crippen LogP contribution is 2.06. The average Bonchev–Trinajstić information content (AvgIpc) is 2.38. The molecule has 0 aromatic heterocycles. The predicted octanol–water partition coefficient (Wildman–Crippen LogP) is -0.947. The highest BCUT2D eigenvalue weighted by Gasteiger charge is 2.17. The number of hydrogen-bond donors (Lipinski definition) is 5. The van der Waals surface area contributed by atoms with Gasteiger partial charge in [0, 0.05) is 6.54 Å². The molecule has 0 aliphatic carbocycles. The summed E-state index contributed by atoms with van der Waals surface area (Å²) in [6, 6.07) is -0.888. The highest BCUT2D eigenvalue weighted by molar-refractivity contribution is 5.85. The topological polar surface area (TPSA) is 137 Å². The number of hydrogen-bond acceptors (Lipinski definition) is 6. The molecule has 9 heteroatoms. The molecule has 0 unspecified atom stereocenters. The lowest BCUT2D eigenvalue weighted by molar-refractivity contribution is -0.138. The van der Waals surface area contributed by atoms with Crippen molar-refractivity contribution in [3.8, 4) is 0 Å². The van der Waals surface area contributed by atoms with E-state index in [1.54, 1.807) is 20.8 Å². The van der Waals surface area contributed by atoms with E-state index in [2.05, 4.69) is 16.0 Å². The second-order valence-corrected chi connectivity index (χ2v) is 5.58. The fourth-order valence-electron chi connectivity index (χ4n) is 1.40. The molecule has 0 saturated carbocycles. The number of rotatable bonds is 9. The number of nitrogens with one attached hydrogen (secondary N) is 3. The van der Waals surface area contributed by atoms with Gasteiger partial charge in [-0.25, -0.2) is 4.79 Å². The fraction of sp³-hybridized carbons (Fsp3) is 0.769. The average molecular weight is 319 g/mol. The van der Waals surface area contributed by atoms with Gasteiger partial charge in [-0.3, -0.25) is 9.59 Å².